The summed E-state index contributed by atoms with van der Waals surface area (Å²) in [5.41, 5.74) is 2.62. The number of para-hydroxylation sites is 1. The number of carbonyl (C=O) groups is 1. The van der Waals surface area contributed by atoms with Crippen molar-refractivity contribution in [2.24, 2.45) is 0 Å². The van der Waals surface area contributed by atoms with E-state index in [2.05, 4.69) is 24.1 Å². The zero-order valence-corrected chi connectivity index (χ0v) is 12.3. The summed E-state index contributed by atoms with van der Waals surface area (Å²) in [6, 6.07) is 11.7. The monoisotopic (exact) mass is 281 g/mol. The van der Waals surface area contributed by atoms with Crippen LogP contribution in [0.5, 0.6) is 0 Å². The summed E-state index contributed by atoms with van der Waals surface area (Å²) in [5, 5.41) is 3.47. The quantitative estimate of drug-likeness (QED) is 0.937. The Hall–Kier alpha value is -2.36. The van der Waals surface area contributed by atoms with Crippen LogP contribution in [0.15, 0.2) is 48.8 Å². The molecule has 4 nitrogen and oxygen atoms in total. The number of benzene rings is 1. The molecule has 0 saturated carbocycles. The van der Waals surface area contributed by atoms with E-state index >= 15 is 0 Å². The van der Waals surface area contributed by atoms with Crippen LogP contribution in [-0.4, -0.2) is 21.8 Å². The van der Waals surface area contributed by atoms with Crippen molar-refractivity contribution in [2.75, 3.05) is 5.32 Å². The smallest absolute Gasteiger partial charge is 0.258 e. The summed E-state index contributed by atoms with van der Waals surface area (Å²) in [5.74, 6) is 0.0764. The van der Waals surface area contributed by atoms with Gasteiger partial charge in [0.05, 0.1) is 5.56 Å². The average Bonchev–Trinajstić information content (AvgIpc) is 2.55. The van der Waals surface area contributed by atoms with Gasteiger partial charge >= 0.3 is 0 Å². The lowest BCUT2D eigenvalue weighted by Crippen LogP contribution is -2.47. The fraction of sp³-hybridized carbons (Fsp3) is 0.294. The summed E-state index contributed by atoms with van der Waals surface area (Å²) in [6.45, 7) is 4.18. The Morgan fingerprint density at radius 2 is 2.10 bits per heavy atom. The minimum atomic E-state index is -0.170. The highest BCUT2D eigenvalue weighted by atomic mass is 16.2. The first-order valence-corrected chi connectivity index (χ1v) is 7.30. The molecule has 1 aliphatic heterocycles. The SMILES string of the molecule is CC[C@@H](C)N1C(=O)c2ccccc2N[C@@H]1c1cccnc1. The van der Waals surface area contributed by atoms with Gasteiger partial charge in [-0.25, -0.2) is 0 Å². The van der Waals surface area contributed by atoms with Crippen molar-refractivity contribution in [3.63, 3.8) is 0 Å². The Morgan fingerprint density at radius 3 is 2.81 bits per heavy atom. The number of hydrogen-bond acceptors (Lipinski definition) is 3. The third kappa shape index (κ3) is 2.37. The Morgan fingerprint density at radius 1 is 1.29 bits per heavy atom. The normalized spacial score (nSPS) is 18.9. The van der Waals surface area contributed by atoms with Crippen LogP contribution in [0.3, 0.4) is 0 Å². The highest BCUT2D eigenvalue weighted by Crippen LogP contribution is 2.34. The van der Waals surface area contributed by atoms with Gasteiger partial charge in [-0.05, 0) is 31.5 Å². The summed E-state index contributed by atoms with van der Waals surface area (Å²) in [4.78, 5) is 19.0. The molecule has 3 rings (SSSR count). The number of pyridine rings is 1. The molecule has 0 radical (unpaired) electrons. The Kier molecular flexibility index (Phi) is 3.60. The summed E-state index contributed by atoms with van der Waals surface area (Å²) in [7, 11) is 0. The van der Waals surface area contributed by atoms with E-state index in [9.17, 15) is 4.79 Å². The molecule has 0 fully saturated rings. The number of nitrogens with zero attached hydrogens (tertiary/aromatic N) is 2. The van der Waals surface area contributed by atoms with E-state index < -0.39 is 0 Å². The van der Waals surface area contributed by atoms with Gasteiger partial charge in [-0.15, -0.1) is 0 Å². The molecule has 1 aliphatic rings. The molecule has 2 atom stereocenters. The first-order valence-electron chi connectivity index (χ1n) is 7.30. The van der Waals surface area contributed by atoms with Crippen LogP contribution in [0, 0.1) is 0 Å². The van der Waals surface area contributed by atoms with E-state index in [1.54, 1.807) is 6.20 Å². The number of anilines is 1. The molecule has 2 heterocycles. The van der Waals surface area contributed by atoms with Crippen LogP contribution in [0.2, 0.25) is 0 Å². The molecular formula is C17H19N3O. The number of carbonyl (C=O) groups excluding carboxylic acids is 1. The minimum Gasteiger partial charge on any atom is -0.361 e. The fourth-order valence-corrected chi connectivity index (χ4v) is 2.70. The molecule has 1 amide bonds. The number of nitrogens with one attached hydrogen (secondary N) is 1. The number of fused-ring (bicyclic) bond motifs is 1. The van der Waals surface area contributed by atoms with Gasteiger partial charge in [0, 0.05) is 29.7 Å². The van der Waals surface area contributed by atoms with Crippen molar-refractivity contribution in [3.05, 3.63) is 59.9 Å². The van der Waals surface area contributed by atoms with E-state index in [-0.39, 0.29) is 18.1 Å². The third-order valence-corrected chi connectivity index (χ3v) is 4.03. The van der Waals surface area contributed by atoms with Gasteiger partial charge in [0.1, 0.15) is 6.17 Å². The van der Waals surface area contributed by atoms with E-state index in [0.29, 0.717) is 0 Å². The Labute approximate surface area is 124 Å². The Bertz CT molecular complexity index is 641. The lowest BCUT2D eigenvalue weighted by molar-refractivity contribution is 0.0593. The minimum absolute atomic E-state index is 0.0764. The molecule has 0 saturated heterocycles. The lowest BCUT2D eigenvalue weighted by atomic mass is 10.0. The van der Waals surface area contributed by atoms with Crippen LogP contribution in [0.4, 0.5) is 5.69 Å². The van der Waals surface area contributed by atoms with Crippen molar-refractivity contribution in [2.45, 2.75) is 32.5 Å². The van der Waals surface area contributed by atoms with Gasteiger partial charge in [0.25, 0.3) is 5.91 Å². The van der Waals surface area contributed by atoms with Gasteiger partial charge in [0.15, 0.2) is 0 Å². The van der Waals surface area contributed by atoms with Crippen LogP contribution in [0.25, 0.3) is 0 Å². The molecule has 1 N–H and O–H groups in total. The third-order valence-electron chi connectivity index (χ3n) is 4.03. The molecule has 1 aromatic carbocycles. The van der Waals surface area contributed by atoms with Crippen molar-refractivity contribution in [1.29, 1.82) is 0 Å². The number of aromatic nitrogens is 1. The molecular weight excluding hydrogens is 262 g/mol. The topological polar surface area (TPSA) is 45.2 Å². The average molecular weight is 281 g/mol. The molecule has 2 aromatic rings. The standard InChI is InChI=1S/C17H19N3O/c1-3-12(2)20-16(13-7-6-10-18-11-13)19-15-9-5-4-8-14(15)17(20)21/h4-12,16,19H,3H2,1-2H3/t12-,16+/m1/s1. The van der Waals surface area contributed by atoms with Gasteiger partial charge < -0.3 is 10.2 Å². The predicted molar refractivity (Wildman–Crippen MR) is 83.0 cm³/mol. The summed E-state index contributed by atoms with van der Waals surface area (Å²) in [6.07, 6.45) is 4.30. The van der Waals surface area contributed by atoms with Crippen molar-refractivity contribution in [1.82, 2.24) is 9.88 Å². The highest BCUT2D eigenvalue weighted by Gasteiger charge is 2.35. The molecule has 0 spiro atoms. The van der Waals surface area contributed by atoms with Crippen LogP contribution < -0.4 is 5.32 Å². The molecule has 0 aliphatic carbocycles. The number of amides is 1. The van der Waals surface area contributed by atoms with Gasteiger partial charge in [-0.1, -0.05) is 25.1 Å². The second-order valence-electron chi connectivity index (χ2n) is 5.35. The van der Waals surface area contributed by atoms with E-state index in [1.165, 1.54) is 0 Å². The lowest BCUT2D eigenvalue weighted by Gasteiger charge is -2.41. The van der Waals surface area contributed by atoms with E-state index in [0.717, 1.165) is 23.2 Å². The maximum Gasteiger partial charge on any atom is 0.258 e. The van der Waals surface area contributed by atoms with Crippen molar-refractivity contribution in [3.8, 4) is 0 Å². The van der Waals surface area contributed by atoms with Crippen LogP contribution >= 0.6 is 0 Å². The molecule has 0 bridgehead atoms. The van der Waals surface area contributed by atoms with Crippen molar-refractivity contribution >= 4 is 11.6 Å². The van der Waals surface area contributed by atoms with Gasteiger partial charge in [-0.2, -0.15) is 0 Å². The Balaban J connectivity index is 2.07. The van der Waals surface area contributed by atoms with Crippen molar-refractivity contribution < 1.29 is 4.79 Å². The molecule has 4 heteroatoms. The maximum absolute atomic E-state index is 12.9. The highest BCUT2D eigenvalue weighted by molar-refractivity contribution is 6.01. The first-order chi connectivity index (χ1) is 10.2. The largest absolute Gasteiger partial charge is 0.361 e. The van der Waals surface area contributed by atoms with E-state index in [1.807, 2.05) is 47.5 Å². The fourth-order valence-electron chi connectivity index (χ4n) is 2.70. The van der Waals surface area contributed by atoms with Gasteiger partial charge in [0.2, 0.25) is 0 Å². The van der Waals surface area contributed by atoms with Crippen LogP contribution in [0.1, 0.15) is 42.4 Å². The molecule has 21 heavy (non-hydrogen) atoms. The zero-order valence-electron chi connectivity index (χ0n) is 12.3. The van der Waals surface area contributed by atoms with Gasteiger partial charge in [-0.3, -0.25) is 9.78 Å². The predicted octanol–water partition coefficient (Wildman–Crippen LogP) is 3.45. The zero-order chi connectivity index (χ0) is 14.8. The van der Waals surface area contributed by atoms with Crippen LogP contribution in [-0.2, 0) is 0 Å². The number of rotatable bonds is 3. The molecule has 108 valence electrons. The molecule has 1 aromatic heterocycles. The second-order valence-corrected chi connectivity index (χ2v) is 5.35. The second kappa shape index (κ2) is 5.56. The first kappa shape index (κ1) is 13.6. The maximum atomic E-state index is 12.9. The summed E-state index contributed by atoms with van der Waals surface area (Å²) >= 11 is 0. The summed E-state index contributed by atoms with van der Waals surface area (Å²) < 4.78 is 0. The molecule has 0 unspecified atom stereocenters. The van der Waals surface area contributed by atoms with E-state index in [4.69, 9.17) is 0 Å². The number of hydrogen-bond donors (Lipinski definition) is 1.